The lowest BCUT2D eigenvalue weighted by Crippen LogP contribution is -2.49. The lowest BCUT2D eigenvalue weighted by atomic mass is 9.97. The number of anilines is 1. The average Bonchev–Trinajstić information content (AvgIpc) is 2.75. The molecule has 9 nitrogen and oxygen atoms in total. The quantitative estimate of drug-likeness (QED) is 0.650. The summed E-state index contributed by atoms with van der Waals surface area (Å²) in [4.78, 5) is 29.0. The van der Waals surface area contributed by atoms with Gasteiger partial charge in [-0.15, -0.1) is 0 Å². The van der Waals surface area contributed by atoms with E-state index in [1.165, 1.54) is 20.2 Å². The van der Waals surface area contributed by atoms with Gasteiger partial charge in [0.1, 0.15) is 10.6 Å². The van der Waals surface area contributed by atoms with Crippen LogP contribution in [0.25, 0.3) is 0 Å². The van der Waals surface area contributed by atoms with Crippen LogP contribution < -0.4 is 10.1 Å². The maximum atomic E-state index is 12.9. The minimum absolute atomic E-state index is 0.000804. The summed E-state index contributed by atoms with van der Waals surface area (Å²) in [6, 6.07) is 4.54. The molecule has 31 heavy (non-hydrogen) atoms. The highest BCUT2D eigenvalue weighted by molar-refractivity contribution is 7.89. The Morgan fingerprint density at radius 3 is 2.45 bits per heavy atom. The first-order valence-corrected chi connectivity index (χ1v) is 12.1. The molecule has 0 radical (unpaired) electrons. The molecule has 2 rings (SSSR count). The van der Waals surface area contributed by atoms with Gasteiger partial charge in [0.25, 0.3) is 0 Å². The Morgan fingerprint density at radius 2 is 1.87 bits per heavy atom. The van der Waals surface area contributed by atoms with Crippen molar-refractivity contribution in [1.29, 1.82) is 0 Å². The van der Waals surface area contributed by atoms with E-state index in [-0.39, 0.29) is 28.5 Å². The number of benzene rings is 1. The summed E-state index contributed by atoms with van der Waals surface area (Å²) in [5.41, 5.74) is 0.376. The van der Waals surface area contributed by atoms with Crippen molar-refractivity contribution in [2.24, 2.45) is 5.92 Å². The fourth-order valence-corrected chi connectivity index (χ4v) is 4.61. The molecule has 1 saturated heterocycles. The van der Waals surface area contributed by atoms with Crippen molar-refractivity contribution >= 4 is 27.6 Å². The van der Waals surface area contributed by atoms with Gasteiger partial charge in [-0.2, -0.15) is 0 Å². The van der Waals surface area contributed by atoms with Crippen molar-refractivity contribution in [1.82, 2.24) is 14.1 Å². The largest absolute Gasteiger partial charge is 0.492 e. The van der Waals surface area contributed by atoms with Gasteiger partial charge in [-0.05, 0) is 51.8 Å². The Bertz CT molecular complexity index is 884. The summed E-state index contributed by atoms with van der Waals surface area (Å²) in [5, 5.41) is 2.82. The number of likely N-dealkylation sites (tertiary alicyclic amines) is 1. The van der Waals surface area contributed by atoms with Gasteiger partial charge in [0.15, 0.2) is 0 Å². The van der Waals surface area contributed by atoms with Crippen molar-refractivity contribution in [3.63, 3.8) is 0 Å². The van der Waals surface area contributed by atoms with Gasteiger partial charge >= 0.3 is 6.03 Å². The zero-order chi connectivity index (χ0) is 23.2. The van der Waals surface area contributed by atoms with Crippen molar-refractivity contribution < 1.29 is 22.7 Å². The average molecular weight is 455 g/mol. The number of ether oxygens (including phenoxy) is 1. The molecule has 0 aromatic heterocycles. The van der Waals surface area contributed by atoms with E-state index < -0.39 is 10.0 Å². The third-order valence-corrected chi connectivity index (χ3v) is 7.20. The number of amides is 3. The standard InChI is InChI=1S/C21H34N4O5S/c1-6-24(7-2)21(27)25-13-9-10-16(15-25)20(26)22-17-11-12-18(30-8-3)19(14-17)31(28,29)23(4)5/h11-12,14,16H,6-10,13,15H2,1-5H3,(H,22,26)/t16-/m1/s1. The minimum atomic E-state index is -3.75. The van der Waals surface area contributed by atoms with E-state index in [9.17, 15) is 18.0 Å². The molecule has 0 unspecified atom stereocenters. The number of hydrogen-bond donors (Lipinski definition) is 1. The monoisotopic (exact) mass is 454 g/mol. The summed E-state index contributed by atoms with van der Waals surface area (Å²) < 4.78 is 32.0. The van der Waals surface area contributed by atoms with E-state index in [4.69, 9.17) is 4.74 Å². The predicted octanol–water partition coefficient (Wildman–Crippen LogP) is 2.45. The molecule has 1 aliphatic rings. The molecule has 0 aliphatic carbocycles. The van der Waals surface area contributed by atoms with E-state index in [0.29, 0.717) is 44.9 Å². The van der Waals surface area contributed by atoms with Gasteiger partial charge in [-0.1, -0.05) is 0 Å². The Morgan fingerprint density at radius 1 is 1.19 bits per heavy atom. The molecule has 1 aliphatic heterocycles. The van der Waals surface area contributed by atoms with Crippen LogP contribution in [0.3, 0.4) is 0 Å². The van der Waals surface area contributed by atoms with Crippen molar-refractivity contribution in [3.05, 3.63) is 18.2 Å². The summed E-state index contributed by atoms with van der Waals surface area (Å²) in [7, 11) is -0.861. The van der Waals surface area contributed by atoms with Crippen LogP contribution in [0, 0.1) is 5.92 Å². The van der Waals surface area contributed by atoms with Gasteiger partial charge in [-0.25, -0.2) is 17.5 Å². The third-order valence-electron chi connectivity index (χ3n) is 5.37. The normalized spacial score (nSPS) is 16.8. The highest BCUT2D eigenvalue weighted by atomic mass is 32.2. The Kier molecular flexibility index (Phi) is 8.69. The number of nitrogens with one attached hydrogen (secondary N) is 1. The van der Waals surface area contributed by atoms with Crippen LogP contribution >= 0.6 is 0 Å². The van der Waals surface area contributed by atoms with Gasteiger partial charge < -0.3 is 19.9 Å². The molecule has 3 amide bonds. The molecular formula is C21H34N4O5S. The molecule has 0 bridgehead atoms. The first kappa shape index (κ1) is 24.9. The van der Waals surface area contributed by atoms with Crippen molar-refractivity contribution in [2.75, 3.05) is 52.2 Å². The van der Waals surface area contributed by atoms with Crippen LogP contribution in [0.15, 0.2) is 23.1 Å². The van der Waals surface area contributed by atoms with E-state index in [1.54, 1.807) is 28.9 Å². The summed E-state index contributed by atoms with van der Waals surface area (Å²) in [6.07, 6.45) is 1.42. The number of sulfonamides is 1. The smallest absolute Gasteiger partial charge is 0.320 e. The predicted molar refractivity (Wildman–Crippen MR) is 120 cm³/mol. The van der Waals surface area contributed by atoms with Crippen LogP contribution in [-0.2, 0) is 14.8 Å². The van der Waals surface area contributed by atoms with E-state index >= 15 is 0 Å². The number of nitrogens with zero attached hydrogens (tertiary/aromatic N) is 3. The van der Waals surface area contributed by atoms with Gasteiger partial charge in [-0.3, -0.25) is 4.79 Å². The summed E-state index contributed by atoms with van der Waals surface area (Å²) in [6.45, 7) is 8.18. The number of piperidine rings is 1. The maximum absolute atomic E-state index is 12.9. The van der Waals surface area contributed by atoms with Gasteiger partial charge in [0.2, 0.25) is 15.9 Å². The number of hydrogen-bond acceptors (Lipinski definition) is 5. The first-order chi connectivity index (χ1) is 14.6. The highest BCUT2D eigenvalue weighted by Crippen LogP contribution is 2.30. The van der Waals surface area contributed by atoms with E-state index in [1.807, 2.05) is 13.8 Å². The van der Waals surface area contributed by atoms with Crippen LogP contribution in [0.1, 0.15) is 33.6 Å². The van der Waals surface area contributed by atoms with Crippen LogP contribution in [0.2, 0.25) is 0 Å². The van der Waals surface area contributed by atoms with Crippen molar-refractivity contribution in [3.8, 4) is 5.75 Å². The molecule has 1 atom stereocenters. The maximum Gasteiger partial charge on any atom is 0.320 e. The van der Waals surface area contributed by atoms with Crippen LogP contribution in [0.5, 0.6) is 5.75 Å². The molecule has 174 valence electrons. The van der Waals surface area contributed by atoms with Crippen LogP contribution in [-0.4, -0.2) is 81.3 Å². The molecular weight excluding hydrogens is 420 g/mol. The summed E-state index contributed by atoms with van der Waals surface area (Å²) >= 11 is 0. The van der Waals surface area contributed by atoms with Crippen molar-refractivity contribution in [2.45, 2.75) is 38.5 Å². The molecule has 1 heterocycles. The second kappa shape index (κ2) is 10.8. The molecule has 0 saturated carbocycles. The molecule has 1 N–H and O–H groups in total. The van der Waals surface area contributed by atoms with Gasteiger partial charge in [0, 0.05) is 46.0 Å². The lowest BCUT2D eigenvalue weighted by molar-refractivity contribution is -0.121. The Hall–Kier alpha value is -2.33. The molecule has 0 spiro atoms. The second-order valence-corrected chi connectivity index (χ2v) is 9.73. The lowest BCUT2D eigenvalue weighted by Gasteiger charge is -2.35. The number of carbonyl (C=O) groups excluding carboxylic acids is 2. The number of rotatable bonds is 8. The SMILES string of the molecule is CCOc1ccc(NC(=O)[C@@H]2CCCN(C(=O)N(CC)CC)C2)cc1S(=O)(=O)N(C)C. The highest BCUT2D eigenvalue weighted by Gasteiger charge is 2.30. The molecule has 1 aromatic carbocycles. The molecule has 1 fully saturated rings. The fraction of sp³-hybridized carbons (Fsp3) is 0.619. The number of urea groups is 1. The molecule has 1 aromatic rings. The third kappa shape index (κ3) is 5.88. The minimum Gasteiger partial charge on any atom is -0.492 e. The second-order valence-electron chi connectivity index (χ2n) is 7.61. The van der Waals surface area contributed by atoms with E-state index in [0.717, 1.165) is 10.7 Å². The summed E-state index contributed by atoms with van der Waals surface area (Å²) in [5.74, 6) is -0.342. The topological polar surface area (TPSA) is 99.3 Å². The Labute approximate surface area is 185 Å². The fourth-order valence-electron chi connectivity index (χ4n) is 3.56. The van der Waals surface area contributed by atoms with Crippen LogP contribution in [0.4, 0.5) is 10.5 Å². The zero-order valence-electron chi connectivity index (χ0n) is 19.1. The van der Waals surface area contributed by atoms with E-state index in [2.05, 4.69) is 5.32 Å². The number of carbonyl (C=O) groups is 2. The zero-order valence-corrected chi connectivity index (χ0v) is 19.9. The van der Waals surface area contributed by atoms with Gasteiger partial charge in [0.05, 0.1) is 12.5 Å². The molecule has 10 heteroatoms. The Balaban J connectivity index is 2.18. The first-order valence-electron chi connectivity index (χ1n) is 10.7.